The van der Waals surface area contributed by atoms with Gasteiger partial charge < -0.3 is 5.73 Å². The van der Waals surface area contributed by atoms with Gasteiger partial charge in [0.1, 0.15) is 0 Å². The predicted octanol–water partition coefficient (Wildman–Crippen LogP) is 3.03. The number of hydrogen-bond acceptors (Lipinski definition) is 0. The molecule has 1 aromatic carbocycles. The summed E-state index contributed by atoms with van der Waals surface area (Å²) in [4.78, 5) is 0. The molecule has 1 aliphatic carbocycles. The van der Waals surface area contributed by atoms with Crippen LogP contribution in [0.2, 0.25) is 0 Å². The third-order valence-corrected chi connectivity index (χ3v) is 2.17. The molecule has 0 atom stereocenters. The largest absolute Gasteiger partial charge is 0.698 e. The molecule has 0 aromatic heterocycles. The van der Waals surface area contributed by atoms with Crippen molar-refractivity contribution in [2.24, 2.45) is 0 Å². The average molecular weight is 371 g/mol. The zero-order chi connectivity index (χ0) is 7.84. The fourth-order valence-corrected chi connectivity index (χ4v) is 1.52. The van der Waals surface area contributed by atoms with Crippen molar-refractivity contribution in [3.05, 3.63) is 46.7 Å². The fraction of sp³-hybridized carbons (Fsp3) is 0.200. The van der Waals surface area contributed by atoms with Gasteiger partial charge in [0.05, 0.1) is 0 Å². The van der Waals surface area contributed by atoms with Gasteiger partial charge in [0.15, 0.2) is 0 Å². The van der Waals surface area contributed by atoms with Crippen molar-refractivity contribution in [1.29, 1.82) is 0 Å². The van der Waals surface area contributed by atoms with E-state index in [4.69, 9.17) is 5.73 Å². The van der Waals surface area contributed by atoms with Crippen LogP contribution >= 0.6 is 0 Å². The summed E-state index contributed by atoms with van der Waals surface area (Å²) in [5.41, 5.74) is 12.0. The van der Waals surface area contributed by atoms with Gasteiger partial charge in [-0.2, -0.15) is 0 Å². The average Bonchev–Trinajstić information content (AvgIpc) is 2.30. The number of hydrogen-bond donors (Lipinski definition) is 0. The van der Waals surface area contributed by atoms with Crippen LogP contribution in [0.3, 0.4) is 0 Å². The number of rotatable bonds is 0. The molecule has 0 bridgehead atoms. The van der Waals surface area contributed by atoms with E-state index in [0.717, 1.165) is 17.7 Å². The second kappa shape index (κ2) is 3.94. The predicted molar refractivity (Wildman–Crippen MR) is 47.1 cm³/mol. The van der Waals surface area contributed by atoms with E-state index < -0.39 is 0 Å². The minimum Gasteiger partial charge on any atom is -0.698 e. The molecule has 0 aliphatic heterocycles. The molecule has 1 nitrogen and oxygen atoms in total. The van der Waals surface area contributed by atoms with Gasteiger partial charge in [-0.15, -0.1) is 5.70 Å². The molecule has 0 heterocycles. The first kappa shape index (κ1) is 10.3. The van der Waals surface area contributed by atoms with Crippen molar-refractivity contribution in [3.63, 3.8) is 0 Å². The van der Waals surface area contributed by atoms with Gasteiger partial charge in [-0.25, -0.2) is 0 Å². The topological polar surface area (TPSA) is 23.8 Å². The molecule has 0 amide bonds. The number of benzene rings is 1. The molecule has 0 spiro atoms. The van der Waals surface area contributed by atoms with E-state index >= 15 is 0 Å². The summed E-state index contributed by atoms with van der Waals surface area (Å²) < 4.78 is 0. The maximum absolute atomic E-state index is 7.70. The van der Waals surface area contributed by atoms with Gasteiger partial charge in [-0.05, 0) is 24.5 Å². The van der Waals surface area contributed by atoms with Gasteiger partial charge in [0.25, 0.3) is 0 Å². The van der Waals surface area contributed by atoms with Gasteiger partial charge in [-0.3, -0.25) is 0 Å². The number of nitrogens with one attached hydrogen (secondary N) is 1. The maximum Gasteiger partial charge on any atom is 0 e. The Morgan fingerprint density at radius 1 is 1.25 bits per heavy atom. The van der Waals surface area contributed by atoms with Crippen LogP contribution < -0.4 is 0 Å². The minimum absolute atomic E-state index is 0. The van der Waals surface area contributed by atoms with Gasteiger partial charge in [0.2, 0.25) is 0 Å². The minimum atomic E-state index is 0. The molecule has 2 heteroatoms. The molecule has 0 saturated carbocycles. The van der Waals surface area contributed by atoms with Gasteiger partial charge in [0, 0.05) is 44.1 Å². The Morgan fingerprint density at radius 3 is 2.58 bits per heavy atom. The summed E-state index contributed by atoms with van der Waals surface area (Å²) in [6, 6.07) is 8.14. The van der Waals surface area contributed by atoms with Crippen LogP contribution in [0, 0.1) is 44.1 Å². The van der Waals surface area contributed by atoms with E-state index in [9.17, 15) is 0 Å². The Hall–Kier alpha value is 0.202. The summed E-state index contributed by atoms with van der Waals surface area (Å²) in [7, 11) is 0. The van der Waals surface area contributed by atoms with Gasteiger partial charge in [-0.1, -0.05) is 29.8 Å². The third-order valence-electron chi connectivity index (χ3n) is 2.17. The summed E-state index contributed by atoms with van der Waals surface area (Å²) in [6.45, 7) is 2.03. The molecule has 1 radical (unpaired) electrons. The summed E-state index contributed by atoms with van der Waals surface area (Å²) in [5.74, 6) is 0. The van der Waals surface area contributed by atoms with Crippen LogP contribution in [-0.2, 0) is 6.42 Å². The second-order valence-electron chi connectivity index (χ2n) is 2.99. The third kappa shape index (κ3) is 1.60. The smallest absolute Gasteiger partial charge is 0 e. The van der Waals surface area contributed by atoms with Crippen LogP contribution in [0.15, 0.2) is 29.8 Å². The van der Waals surface area contributed by atoms with Crippen molar-refractivity contribution in [1.82, 2.24) is 0 Å². The van der Waals surface area contributed by atoms with Crippen molar-refractivity contribution in [2.45, 2.75) is 13.3 Å². The van der Waals surface area contributed by atoms with Crippen LogP contribution in [0.4, 0.5) is 0 Å². The van der Waals surface area contributed by atoms with E-state index in [1.807, 2.05) is 25.1 Å². The molecular weight excluding hydrogens is 361 g/mol. The standard InChI is InChI=1S/C10H10N.Ac/c1-7-6-8-4-2-3-5-9(8)10(7)11;/h2-5,11H,6H2,1H3;/q-1;. The molecule has 2 rings (SSSR count). The zero-order valence-electron chi connectivity index (χ0n) is 7.09. The quantitative estimate of drug-likeness (QED) is 0.670. The first-order chi connectivity index (χ1) is 5.29. The number of allylic oxidation sites excluding steroid dienone is 1. The Labute approximate surface area is 109 Å². The van der Waals surface area contributed by atoms with Crippen LogP contribution in [0.25, 0.3) is 11.4 Å². The number of fused-ring (bicyclic) bond motifs is 1. The first-order valence-electron chi connectivity index (χ1n) is 3.78. The molecule has 0 fully saturated rings. The van der Waals surface area contributed by atoms with E-state index in [1.165, 1.54) is 11.1 Å². The summed E-state index contributed by atoms with van der Waals surface area (Å²) in [5, 5.41) is 0. The Bertz CT molecular complexity index is 328. The normalized spacial score (nSPS) is 14.1. The first-order valence-corrected chi connectivity index (χ1v) is 3.78. The fourth-order valence-electron chi connectivity index (χ4n) is 1.52. The molecule has 0 saturated heterocycles. The maximum atomic E-state index is 7.70. The molecule has 1 aliphatic rings. The van der Waals surface area contributed by atoms with Crippen molar-refractivity contribution < 1.29 is 44.1 Å². The zero-order valence-corrected chi connectivity index (χ0v) is 11.8. The van der Waals surface area contributed by atoms with E-state index in [2.05, 4.69) is 6.07 Å². The SMILES string of the molecule is CC1=C([NH-])c2ccccc2C1.[Ac]. The van der Waals surface area contributed by atoms with Crippen LogP contribution in [0.5, 0.6) is 0 Å². The van der Waals surface area contributed by atoms with Crippen molar-refractivity contribution in [3.8, 4) is 0 Å². The Kier molecular flexibility index (Phi) is 3.38. The van der Waals surface area contributed by atoms with E-state index in [1.54, 1.807) is 0 Å². The van der Waals surface area contributed by atoms with Crippen molar-refractivity contribution >= 4 is 5.70 Å². The molecule has 1 N–H and O–H groups in total. The van der Waals surface area contributed by atoms with Crippen LogP contribution in [0.1, 0.15) is 18.1 Å². The van der Waals surface area contributed by atoms with E-state index in [-0.39, 0.29) is 44.1 Å². The van der Waals surface area contributed by atoms with E-state index in [0.29, 0.717) is 0 Å². The second-order valence-corrected chi connectivity index (χ2v) is 2.99. The molecule has 12 heavy (non-hydrogen) atoms. The Balaban J connectivity index is 0.000000720. The Morgan fingerprint density at radius 2 is 1.92 bits per heavy atom. The molecular formula is C10H10AcN-. The molecule has 0 unspecified atom stereocenters. The molecule has 1 aromatic rings. The summed E-state index contributed by atoms with van der Waals surface area (Å²) in [6.07, 6.45) is 0.967. The molecule has 59 valence electrons. The van der Waals surface area contributed by atoms with Gasteiger partial charge >= 0.3 is 0 Å². The monoisotopic (exact) mass is 371 g/mol. The summed E-state index contributed by atoms with van der Waals surface area (Å²) >= 11 is 0. The van der Waals surface area contributed by atoms with Crippen molar-refractivity contribution in [2.75, 3.05) is 0 Å². The van der Waals surface area contributed by atoms with Crippen LogP contribution in [-0.4, -0.2) is 0 Å².